The first kappa shape index (κ1) is 10.6. The molecule has 0 amide bonds. The quantitative estimate of drug-likeness (QED) is 0.752. The summed E-state index contributed by atoms with van der Waals surface area (Å²) in [6, 6.07) is 0. The molecule has 4 heteroatoms. The maximum atomic E-state index is 9.48. The van der Waals surface area contributed by atoms with E-state index in [9.17, 15) is 5.11 Å². The smallest absolute Gasteiger partial charge is 0.106 e. The van der Waals surface area contributed by atoms with Crippen LogP contribution in [0.5, 0.6) is 0 Å². The van der Waals surface area contributed by atoms with Gasteiger partial charge < -0.3 is 10.4 Å². The largest absolute Gasteiger partial charge is 0.392 e. The molecule has 1 aromatic rings. The highest BCUT2D eigenvalue weighted by atomic mass is 32.1. The molecule has 74 valence electrons. The number of aromatic nitrogens is 1. The van der Waals surface area contributed by atoms with Crippen molar-refractivity contribution >= 4 is 11.3 Å². The number of aliphatic hydroxyl groups excluding tert-OH is 1. The lowest BCUT2D eigenvalue weighted by Crippen LogP contribution is -2.30. The van der Waals surface area contributed by atoms with Gasteiger partial charge in [-0.25, -0.2) is 4.98 Å². The maximum Gasteiger partial charge on any atom is 0.106 e. The van der Waals surface area contributed by atoms with Gasteiger partial charge in [-0.05, 0) is 5.92 Å². The first-order valence-corrected chi connectivity index (χ1v) is 5.35. The first-order valence-electron chi connectivity index (χ1n) is 4.47. The van der Waals surface area contributed by atoms with Crippen LogP contribution in [0.2, 0.25) is 0 Å². The zero-order valence-electron chi connectivity index (χ0n) is 8.03. The highest BCUT2D eigenvalue weighted by Crippen LogP contribution is 2.03. The van der Waals surface area contributed by atoms with Crippen LogP contribution >= 0.6 is 11.3 Å². The van der Waals surface area contributed by atoms with Crippen molar-refractivity contribution < 1.29 is 5.11 Å². The second-order valence-electron chi connectivity index (χ2n) is 3.37. The summed E-state index contributed by atoms with van der Waals surface area (Å²) in [6.07, 6.45) is 1.53. The van der Waals surface area contributed by atoms with E-state index in [0.717, 1.165) is 11.6 Å². The Kier molecular flexibility index (Phi) is 4.35. The molecular weight excluding hydrogens is 184 g/mol. The summed E-state index contributed by atoms with van der Waals surface area (Å²) in [5.74, 6) is 0.309. The van der Waals surface area contributed by atoms with Gasteiger partial charge in [-0.1, -0.05) is 13.8 Å². The number of rotatable bonds is 5. The van der Waals surface area contributed by atoms with Crippen LogP contribution in [-0.4, -0.2) is 22.7 Å². The molecule has 3 nitrogen and oxygen atoms in total. The van der Waals surface area contributed by atoms with Crippen LogP contribution in [0.25, 0.3) is 0 Å². The van der Waals surface area contributed by atoms with Crippen LogP contribution in [0.4, 0.5) is 0 Å². The van der Waals surface area contributed by atoms with Crippen LogP contribution in [0.15, 0.2) is 11.6 Å². The predicted octanol–water partition coefficient (Wildman–Crippen LogP) is 1.25. The fraction of sp³-hybridized carbons (Fsp3) is 0.667. The van der Waals surface area contributed by atoms with Gasteiger partial charge in [0.2, 0.25) is 0 Å². The lowest BCUT2D eigenvalue weighted by molar-refractivity contribution is 0.123. The number of hydrogen-bond acceptors (Lipinski definition) is 4. The van der Waals surface area contributed by atoms with Crippen LogP contribution in [0.1, 0.15) is 18.9 Å². The van der Waals surface area contributed by atoms with E-state index in [1.54, 1.807) is 17.5 Å². The number of hydrogen-bond donors (Lipinski definition) is 2. The van der Waals surface area contributed by atoms with Crippen LogP contribution < -0.4 is 5.32 Å². The molecule has 0 aliphatic carbocycles. The van der Waals surface area contributed by atoms with Gasteiger partial charge >= 0.3 is 0 Å². The van der Waals surface area contributed by atoms with Gasteiger partial charge in [0, 0.05) is 24.7 Å². The molecule has 1 aromatic heterocycles. The van der Waals surface area contributed by atoms with Gasteiger partial charge in [0.1, 0.15) is 5.01 Å². The normalized spacial score (nSPS) is 13.5. The fourth-order valence-corrected chi connectivity index (χ4v) is 1.49. The lowest BCUT2D eigenvalue weighted by Gasteiger charge is -2.14. The lowest BCUT2D eigenvalue weighted by atomic mass is 10.1. The number of nitrogens with one attached hydrogen (secondary N) is 1. The van der Waals surface area contributed by atoms with E-state index in [1.807, 2.05) is 19.2 Å². The third kappa shape index (κ3) is 3.85. The Hall–Kier alpha value is -0.450. The molecule has 0 saturated heterocycles. The van der Waals surface area contributed by atoms with E-state index >= 15 is 0 Å². The van der Waals surface area contributed by atoms with Crippen molar-refractivity contribution in [2.24, 2.45) is 5.92 Å². The molecule has 2 N–H and O–H groups in total. The van der Waals surface area contributed by atoms with E-state index in [2.05, 4.69) is 10.3 Å². The Labute approximate surface area is 82.8 Å². The van der Waals surface area contributed by atoms with E-state index in [-0.39, 0.29) is 6.10 Å². The third-order valence-electron chi connectivity index (χ3n) is 1.88. The number of nitrogens with zero attached hydrogens (tertiary/aromatic N) is 1. The van der Waals surface area contributed by atoms with Crippen molar-refractivity contribution in [2.45, 2.75) is 26.5 Å². The van der Waals surface area contributed by atoms with Gasteiger partial charge in [0.15, 0.2) is 0 Å². The molecule has 13 heavy (non-hydrogen) atoms. The monoisotopic (exact) mass is 200 g/mol. The number of aliphatic hydroxyl groups is 1. The molecule has 0 spiro atoms. The van der Waals surface area contributed by atoms with E-state index < -0.39 is 0 Å². The predicted molar refractivity (Wildman–Crippen MR) is 54.7 cm³/mol. The first-order chi connectivity index (χ1) is 6.20. The van der Waals surface area contributed by atoms with Crippen molar-refractivity contribution in [1.29, 1.82) is 0 Å². The van der Waals surface area contributed by atoms with Crippen molar-refractivity contribution in [3.8, 4) is 0 Å². The summed E-state index contributed by atoms with van der Waals surface area (Å²) in [5, 5.41) is 15.7. The summed E-state index contributed by atoms with van der Waals surface area (Å²) in [5.41, 5.74) is 0. The Bertz CT molecular complexity index is 224. The minimum Gasteiger partial charge on any atom is -0.392 e. The van der Waals surface area contributed by atoms with Crippen molar-refractivity contribution in [2.75, 3.05) is 6.54 Å². The molecule has 0 aliphatic rings. The summed E-state index contributed by atoms with van der Waals surface area (Å²) in [4.78, 5) is 4.13. The van der Waals surface area contributed by atoms with E-state index in [1.165, 1.54) is 0 Å². The molecule has 1 atom stereocenters. The summed E-state index contributed by atoms with van der Waals surface area (Å²) in [7, 11) is 0. The zero-order valence-corrected chi connectivity index (χ0v) is 8.84. The molecule has 0 fully saturated rings. The minimum atomic E-state index is -0.264. The van der Waals surface area contributed by atoms with Gasteiger partial charge in [-0.15, -0.1) is 11.3 Å². The minimum absolute atomic E-state index is 0.264. The highest BCUT2D eigenvalue weighted by molar-refractivity contribution is 7.09. The Balaban J connectivity index is 2.14. The Morgan fingerprint density at radius 1 is 1.62 bits per heavy atom. The SMILES string of the molecule is CC(C)C(O)CNCc1nccs1. The summed E-state index contributed by atoms with van der Waals surface area (Å²) >= 11 is 1.63. The van der Waals surface area contributed by atoms with Crippen molar-refractivity contribution in [3.05, 3.63) is 16.6 Å². The van der Waals surface area contributed by atoms with Crippen LogP contribution in [-0.2, 0) is 6.54 Å². The fourth-order valence-electron chi connectivity index (χ4n) is 0.903. The second-order valence-corrected chi connectivity index (χ2v) is 4.35. The highest BCUT2D eigenvalue weighted by Gasteiger charge is 2.07. The second kappa shape index (κ2) is 5.32. The van der Waals surface area contributed by atoms with Gasteiger partial charge in [0.05, 0.1) is 6.10 Å². The molecule has 0 aliphatic heterocycles. The van der Waals surface area contributed by atoms with Gasteiger partial charge in [-0.3, -0.25) is 0 Å². The summed E-state index contributed by atoms with van der Waals surface area (Å²) < 4.78 is 0. The molecule has 1 unspecified atom stereocenters. The molecule has 1 rings (SSSR count). The summed E-state index contributed by atoms with van der Waals surface area (Å²) in [6.45, 7) is 5.41. The van der Waals surface area contributed by atoms with Gasteiger partial charge in [0.25, 0.3) is 0 Å². The third-order valence-corrected chi connectivity index (χ3v) is 2.66. The zero-order chi connectivity index (χ0) is 9.68. The molecule has 0 bridgehead atoms. The standard InChI is InChI=1S/C9H16N2OS/c1-7(2)8(12)5-10-6-9-11-3-4-13-9/h3-4,7-8,10,12H,5-6H2,1-2H3. The Morgan fingerprint density at radius 3 is 2.92 bits per heavy atom. The van der Waals surface area contributed by atoms with Crippen molar-refractivity contribution in [3.63, 3.8) is 0 Å². The van der Waals surface area contributed by atoms with Crippen molar-refractivity contribution in [1.82, 2.24) is 10.3 Å². The number of thiazole rings is 1. The van der Waals surface area contributed by atoms with Gasteiger partial charge in [-0.2, -0.15) is 0 Å². The topological polar surface area (TPSA) is 45.1 Å². The maximum absolute atomic E-state index is 9.48. The molecule has 0 aromatic carbocycles. The molecular formula is C9H16N2OS. The van der Waals surface area contributed by atoms with E-state index in [4.69, 9.17) is 0 Å². The molecule has 0 saturated carbocycles. The van der Waals surface area contributed by atoms with E-state index in [0.29, 0.717) is 12.5 Å². The average molecular weight is 200 g/mol. The molecule has 0 radical (unpaired) electrons. The average Bonchev–Trinajstić information content (AvgIpc) is 2.56. The van der Waals surface area contributed by atoms with Crippen LogP contribution in [0, 0.1) is 5.92 Å². The Morgan fingerprint density at radius 2 is 2.38 bits per heavy atom. The van der Waals surface area contributed by atoms with Crippen LogP contribution in [0.3, 0.4) is 0 Å². The molecule has 1 heterocycles.